The van der Waals surface area contributed by atoms with Gasteiger partial charge in [0.15, 0.2) is 5.78 Å². The highest BCUT2D eigenvalue weighted by Crippen LogP contribution is 2.38. The molecule has 1 amide bonds. The highest BCUT2D eigenvalue weighted by molar-refractivity contribution is 5.99. The summed E-state index contributed by atoms with van der Waals surface area (Å²) in [6.07, 6.45) is 1.32. The van der Waals surface area contributed by atoms with Crippen LogP contribution in [0.2, 0.25) is 0 Å². The molecule has 138 valence electrons. The molecule has 1 aliphatic rings. The standard InChI is InChI=1S/C20H24N2O4/c1-12-8-15-16(10-20(2,3)11-17(15)24)22(12)13-4-5-14(19(21)25)18(9-13)26-7-6-23/h4-5,8-9,23H,6-7,10-11H2,1-3H3,(H2,21,25). The van der Waals surface area contributed by atoms with Gasteiger partial charge in [-0.15, -0.1) is 0 Å². The molecule has 0 atom stereocenters. The monoisotopic (exact) mass is 356 g/mol. The van der Waals surface area contributed by atoms with E-state index in [4.69, 9.17) is 15.6 Å². The number of rotatable bonds is 5. The number of Topliss-reactive ketones (excluding diaryl/α,β-unsaturated/α-hetero) is 1. The van der Waals surface area contributed by atoms with Crippen molar-refractivity contribution in [2.45, 2.75) is 33.6 Å². The summed E-state index contributed by atoms with van der Waals surface area (Å²) in [7, 11) is 0. The highest BCUT2D eigenvalue weighted by atomic mass is 16.5. The minimum Gasteiger partial charge on any atom is -0.490 e. The molecule has 26 heavy (non-hydrogen) atoms. The Labute approximate surface area is 152 Å². The molecule has 0 unspecified atom stereocenters. The van der Waals surface area contributed by atoms with Crippen LogP contribution in [0.25, 0.3) is 5.69 Å². The largest absolute Gasteiger partial charge is 0.490 e. The van der Waals surface area contributed by atoms with Crippen LogP contribution in [-0.4, -0.2) is 34.6 Å². The van der Waals surface area contributed by atoms with E-state index in [1.165, 1.54) is 0 Å². The fourth-order valence-electron chi connectivity index (χ4n) is 3.64. The first-order valence-electron chi connectivity index (χ1n) is 8.66. The van der Waals surface area contributed by atoms with Gasteiger partial charge in [-0.25, -0.2) is 0 Å². The SMILES string of the molecule is Cc1cc2c(n1-c1ccc(C(N)=O)c(OCCO)c1)CC(C)(C)CC2=O. The Kier molecular flexibility index (Phi) is 4.63. The van der Waals surface area contributed by atoms with E-state index in [1.807, 2.05) is 17.6 Å². The van der Waals surface area contributed by atoms with Gasteiger partial charge in [-0.2, -0.15) is 0 Å². The number of amides is 1. The Morgan fingerprint density at radius 1 is 1.31 bits per heavy atom. The van der Waals surface area contributed by atoms with Crippen molar-refractivity contribution in [1.82, 2.24) is 4.57 Å². The number of nitrogens with zero attached hydrogens (tertiary/aromatic N) is 1. The van der Waals surface area contributed by atoms with E-state index < -0.39 is 5.91 Å². The summed E-state index contributed by atoms with van der Waals surface area (Å²) in [6, 6.07) is 7.07. The molecular weight excluding hydrogens is 332 g/mol. The average molecular weight is 356 g/mol. The molecule has 0 radical (unpaired) electrons. The van der Waals surface area contributed by atoms with Gasteiger partial charge in [0.2, 0.25) is 0 Å². The Morgan fingerprint density at radius 2 is 2.04 bits per heavy atom. The third kappa shape index (κ3) is 3.24. The van der Waals surface area contributed by atoms with Gasteiger partial charge >= 0.3 is 0 Å². The van der Waals surface area contributed by atoms with Crippen LogP contribution >= 0.6 is 0 Å². The summed E-state index contributed by atoms with van der Waals surface area (Å²) in [4.78, 5) is 24.2. The highest BCUT2D eigenvalue weighted by Gasteiger charge is 2.34. The minimum atomic E-state index is -0.591. The van der Waals surface area contributed by atoms with Crippen molar-refractivity contribution >= 4 is 11.7 Å². The maximum atomic E-state index is 12.5. The quantitative estimate of drug-likeness (QED) is 0.860. The van der Waals surface area contributed by atoms with E-state index in [0.29, 0.717) is 12.2 Å². The van der Waals surface area contributed by atoms with E-state index in [2.05, 4.69) is 13.8 Å². The number of aromatic nitrogens is 1. The number of aliphatic hydroxyl groups excluding tert-OH is 1. The van der Waals surface area contributed by atoms with Crippen molar-refractivity contribution in [3.63, 3.8) is 0 Å². The van der Waals surface area contributed by atoms with Crippen molar-refractivity contribution < 1.29 is 19.4 Å². The van der Waals surface area contributed by atoms with Crippen LogP contribution in [0.15, 0.2) is 24.3 Å². The van der Waals surface area contributed by atoms with Crippen molar-refractivity contribution in [2.75, 3.05) is 13.2 Å². The molecule has 1 heterocycles. The molecule has 6 nitrogen and oxygen atoms in total. The predicted octanol–water partition coefficient (Wildman–Crippen LogP) is 2.41. The number of hydrogen-bond donors (Lipinski definition) is 2. The molecule has 2 aromatic rings. The van der Waals surface area contributed by atoms with Gasteiger partial charge in [0.1, 0.15) is 12.4 Å². The molecule has 1 aliphatic carbocycles. The third-order valence-corrected chi connectivity index (χ3v) is 4.71. The lowest BCUT2D eigenvalue weighted by Gasteiger charge is -2.30. The van der Waals surface area contributed by atoms with Crippen molar-refractivity contribution in [1.29, 1.82) is 0 Å². The van der Waals surface area contributed by atoms with Crippen LogP contribution in [0, 0.1) is 12.3 Å². The van der Waals surface area contributed by atoms with Crippen LogP contribution in [0.1, 0.15) is 52.4 Å². The number of ether oxygens (including phenoxy) is 1. The van der Waals surface area contributed by atoms with E-state index in [0.717, 1.165) is 29.1 Å². The number of aryl methyl sites for hydroxylation is 1. The number of primary amides is 1. The van der Waals surface area contributed by atoms with Crippen molar-refractivity contribution in [3.05, 3.63) is 46.8 Å². The Morgan fingerprint density at radius 3 is 2.69 bits per heavy atom. The summed E-state index contributed by atoms with van der Waals surface area (Å²) in [6.45, 7) is 6.04. The molecule has 0 aliphatic heterocycles. The number of nitrogens with two attached hydrogens (primary N) is 1. The van der Waals surface area contributed by atoms with Gasteiger partial charge in [-0.3, -0.25) is 9.59 Å². The molecule has 6 heteroatoms. The van der Waals surface area contributed by atoms with Crippen LogP contribution in [0.3, 0.4) is 0 Å². The summed E-state index contributed by atoms with van der Waals surface area (Å²) in [5.41, 5.74) is 9.06. The fraction of sp³-hybridized carbons (Fsp3) is 0.400. The molecule has 0 saturated carbocycles. The maximum Gasteiger partial charge on any atom is 0.252 e. The molecule has 1 aromatic heterocycles. The number of hydrogen-bond acceptors (Lipinski definition) is 4. The first-order chi connectivity index (χ1) is 12.2. The second kappa shape index (κ2) is 6.61. The molecule has 0 fully saturated rings. The van der Waals surface area contributed by atoms with Crippen LogP contribution in [0.4, 0.5) is 0 Å². The van der Waals surface area contributed by atoms with E-state index in [1.54, 1.807) is 18.2 Å². The zero-order valence-electron chi connectivity index (χ0n) is 15.3. The number of benzene rings is 1. The second-order valence-corrected chi connectivity index (χ2v) is 7.54. The normalized spacial score (nSPS) is 15.6. The van der Waals surface area contributed by atoms with Gasteiger partial charge in [0.25, 0.3) is 5.91 Å². The average Bonchev–Trinajstić information content (AvgIpc) is 2.87. The molecule has 3 N–H and O–H groups in total. The molecule has 3 rings (SSSR count). The van der Waals surface area contributed by atoms with E-state index in [-0.39, 0.29) is 30.0 Å². The van der Waals surface area contributed by atoms with Gasteiger partial charge in [-0.1, -0.05) is 13.8 Å². The summed E-state index contributed by atoms with van der Waals surface area (Å²) in [5.74, 6) is -0.108. The van der Waals surface area contributed by atoms with Gasteiger partial charge in [0.05, 0.1) is 12.2 Å². The molecule has 0 bridgehead atoms. The third-order valence-electron chi connectivity index (χ3n) is 4.71. The number of ketones is 1. The van der Waals surface area contributed by atoms with E-state index in [9.17, 15) is 9.59 Å². The zero-order valence-corrected chi connectivity index (χ0v) is 15.3. The number of carbonyl (C=O) groups is 2. The first kappa shape index (κ1) is 18.2. The molecular formula is C20H24N2O4. The van der Waals surface area contributed by atoms with Crippen LogP contribution in [-0.2, 0) is 6.42 Å². The van der Waals surface area contributed by atoms with Crippen molar-refractivity contribution in [3.8, 4) is 11.4 Å². The second-order valence-electron chi connectivity index (χ2n) is 7.54. The van der Waals surface area contributed by atoms with Gasteiger partial charge in [0, 0.05) is 35.1 Å². The number of fused-ring (bicyclic) bond motifs is 1. The van der Waals surface area contributed by atoms with Gasteiger partial charge in [-0.05, 0) is 37.0 Å². The molecule has 0 saturated heterocycles. The van der Waals surface area contributed by atoms with Gasteiger partial charge < -0.3 is 20.1 Å². The summed E-state index contributed by atoms with van der Waals surface area (Å²) >= 11 is 0. The Bertz CT molecular complexity index is 880. The summed E-state index contributed by atoms with van der Waals surface area (Å²) < 4.78 is 7.53. The molecule has 1 aromatic carbocycles. The number of carbonyl (C=O) groups excluding carboxylic acids is 2. The first-order valence-corrected chi connectivity index (χ1v) is 8.66. The number of aliphatic hydroxyl groups is 1. The smallest absolute Gasteiger partial charge is 0.252 e. The fourth-order valence-corrected chi connectivity index (χ4v) is 3.64. The lowest BCUT2D eigenvalue weighted by atomic mass is 9.76. The predicted molar refractivity (Wildman–Crippen MR) is 98.0 cm³/mol. The zero-order chi connectivity index (χ0) is 19.1. The topological polar surface area (TPSA) is 94.6 Å². The van der Waals surface area contributed by atoms with Crippen molar-refractivity contribution in [2.24, 2.45) is 11.1 Å². The Balaban J connectivity index is 2.13. The minimum absolute atomic E-state index is 0.0675. The lowest BCUT2D eigenvalue weighted by molar-refractivity contribution is 0.0910. The van der Waals surface area contributed by atoms with E-state index >= 15 is 0 Å². The van der Waals surface area contributed by atoms with Crippen LogP contribution in [0.5, 0.6) is 5.75 Å². The summed E-state index contributed by atoms with van der Waals surface area (Å²) in [5, 5.41) is 9.02. The Hall–Kier alpha value is -2.60. The van der Waals surface area contributed by atoms with Crippen LogP contribution < -0.4 is 10.5 Å². The molecule has 0 spiro atoms. The maximum absolute atomic E-state index is 12.5. The lowest BCUT2D eigenvalue weighted by Crippen LogP contribution is -2.27.